The Morgan fingerprint density at radius 1 is 1.11 bits per heavy atom. The highest BCUT2D eigenvalue weighted by atomic mass is 32.1. The molecule has 0 radical (unpaired) electrons. The minimum Gasteiger partial charge on any atom is -0.444 e. The smallest absolute Gasteiger partial charge is 0.416 e. The van der Waals surface area contributed by atoms with Crippen LogP contribution >= 0.6 is 11.3 Å². The van der Waals surface area contributed by atoms with E-state index < -0.39 is 40.7 Å². The van der Waals surface area contributed by atoms with Crippen LogP contribution in [0, 0.1) is 11.7 Å². The van der Waals surface area contributed by atoms with Crippen LogP contribution in [0.2, 0.25) is 0 Å². The molecule has 192 valence electrons. The predicted molar refractivity (Wildman–Crippen MR) is 124 cm³/mol. The van der Waals surface area contributed by atoms with Crippen molar-refractivity contribution in [2.24, 2.45) is 10.9 Å². The number of halogens is 4. The van der Waals surface area contributed by atoms with E-state index in [9.17, 15) is 27.2 Å². The third-order valence-corrected chi connectivity index (χ3v) is 6.69. The van der Waals surface area contributed by atoms with Crippen LogP contribution in [-0.2, 0) is 22.9 Å². The Morgan fingerprint density at radius 2 is 1.74 bits per heavy atom. The molecule has 1 aromatic carbocycles. The molecule has 1 fully saturated rings. The third kappa shape index (κ3) is 6.71. The van der Waals surface area contributed by atoms with Gasteiger partial charge < -0.3 is 14.2 Å². The number of alkyl halides is 3. The molecule has 2 aromatic rings. The standard InChI is InChI=1S/C24H29F4N3O3S/c1-22(2,3)18-13-30(10-14-11-31(12-14)21(33)34-23(4,5)6)20(35-18)29-19(32)16-9-15(24(26,27)28)7-8-17(16)25/h7-9,13-14H,10-12H2,1-6H3. The number of aromatic nitrogens is 1. The Bertz CT molecular complexity index is 1180. The Morgan fingerprint density at radius 3 is 2.29 bits per heavy atom. The van der Waals surface area contributed by atoms with E-state index in [0.717, 1.165) is 4.88 Å². The zero-order valence-electron chi connectivity index (χ0n) is 20.5. The maximum Gasteiger partial charge on any atom is 0.416 e. The number of carbonyl (C=O) groups is 2. The molecule has 2 amide bonds. The van der Waals surface area contributed by atoms with Crippen molar-refractivity contribution in [2.45, 2.75) is 65.3 Å². The molecule has 0 atom stereocenters. The number of ether oxygens (including phenoxy) is 1. The van der Waals surface area contributed by atoms with Gasteiger partial charge in [0.2, 0.25) is 0 Å². The number of rotatable bonds is 3. The number of nitrogens with zero attached hydrogens (tertiary/aromatic N) is 3. The summed E-state index contributed by atoms with van der Waals surface area (Å²) in [6, 6.07) is 1.69. The fourth-order valence-electron chi connectivity index (χ4n) is 3.40. The minimum absolute atomic E-state index is 0.0734. The van der Waals surface area contributed by atoms with Crippen LogP contribution in [0.3, 0.4) is 0 Å². The zero-order chi connectivity index (χ0) is 26.3. The molecular weight excluding hydrogens is 486 g/mol. The number of carbonyl (C=O) groups excluding carboxylic acids is 2. The summed E-state index contributed by atoms with van der Waals surface area (Å²) in [7, 11) is 0. The van der Waals surface area contributed by atoms with Crippen LogP contribution in [0.5, 0.6) is 0 Å². The summed E-state index contributed by atoms with van der Waals surface area (Å²) in [5, 5.41) is 0. The monoisotopic (exact) mass is 515 g/mol. The van der Waals surface area contributed by atoms with Crippen LogP contribution in [-0.4, -0.2) is 40.2 Å². The van der Waals surface area contributed by atoms with Crippen molar-refractivity contribution in [1.82, 2.24) is 9.47 Å². The van der Waals surface area contributed by atoms with Gasteiger partial charge in [0, 0.05) is 36.6 Å². The van der Waals surface area contributed by atoms with Gasteiger partial charge in [-0.15, -0.1) is 11.3 Å². The summed E-state index contributed by atoms with van der Waals surface area (Å²) >= 11 is 1.22. The highest BCUT2D eigenvalue weighted by molar-refractivity contribution is 7.09. The molecule has 0 N–H and O–H groups in total. The highest BCUT2D eigenvalue weighted by Gasteiger charge is 2.35. The summed E-state index contributed by atoms with van der Waals surface area (Å²) in [4.78, 5) is 31.6. The molecule has 0 unspecified atom stereocenters. The number of hydrogen-bond donors (Lipinski definition) is 0. The van der Waals surface area contributed by atoms with Crippen molar-refractivity contribution >= 4 is 23.3 Å². The Kier molecular flexibility index (Phi) is 7.23. The van der Waals surface area contributed by atoms with Crippen molar-refractivity contribution in [2.75, 3.05) is 13.1 Å². The van der Waals surface area contributed by atoms with E-state index in [1.54, 1.807) is 30.2 Å². The van der Waals surface area contributed by atoms with E-state index in [-0.39, 0.29) is 16.1 Å². The van der Waals surface area contributed by atoms with E-state index in [4.69, 9.17) is 4.74 Å². The predicted octanol–water partition coefficient (Wildman–Crippen LogP) is 5.61. The van der Waals surface area contributed by atoms with Crippen molar-refractivity contribution < 1.29 is 31.9 Å². The minimum atomic E-state index is -4.71. The van der Waals surface area contributed by atoms with Crippen molar-refractivity contribution in [3.05, 3.63) is 51.0 Å². The molecule has 35 heavy (non-hydrogen) atoms. The maximum absolute atomic E-state index is 14.2. The number of thiazole rings is 1. The van der Waals surface area contributed by atoms with E-state index in [0.29, 0.717) is 37.8 Å². The molecule has 1 saturated heterocycles. The van der Waals surface area contributed by atoms with Crippen LogP contribution in [0.25, 0.3) is 0 Å². The zero-order valence-corrected chi connectivity index (χ0v) is 21.3. The molecule has 0 saturated carbocycles. The van der Waals surface area contributed by atoms with Gasteiger partial charge in [-0.1, -0.05) is 20.8 Å². The highest BCUT2D eigenvalue weighted by Crippen LogP contribution is 2.31. The van der Waals surface area contributed by atoms with Crippen molar-refractivity contribution in [3.63, 3.8) is 0 Å². The summed E-state index contributed by atoms with van der Waals surface area (Å²) < 4.78 is 60.5. The average molecular weight is 516 g/mol. The van der Waals surface area contributed by atoms with Gasteiger partial charge in [0.1, 0.15) is 11.4 Å². The van der Waals surface area contributed by atoms with Gasteiger partial charge in [-0.2, -0.15) is 18.2 Å². The second kappa shape index (κ2) is 9.40. The molecule has 1 aliphatic rings. The average Bonchev–Trinajstić information content (AvgIpc) is 3.04. The molecule has 3 rings (SSSR count). The quantitative estimate of drug-likeness (QED) is 0.499. The molecular formula is C24H29F4N3O3S. The summed E-state index contributed by atoms with van der Waals surface area (Å²) in [6.45, 7) is 12.7. The second-order valence-corrected chi connectivity index (χ2v) is 11.7. The first-order chi connectivity index (χ1) is 15.9. The molecule has 1 aliphatic heterocycles. The number of hydrogen-bond acceptors (Lipinski definition) is 4. The molecule has 0 spiro atoms. The van der Waals surface area contributed by atoms with Crippen LogP contribution < -0.4 is 4.80 Å². The lowest BCUT2D eigenvalue weighted by atomic mass is 9.95. The maximum atomic E-state index is 14.2. The second-order valence-electron chi connectivity index (χ2n) is 10.6. The largest absolute Gasteiger partial charge is 0.444 e. The van der Waals surface area contributed by atoms with E-state index >= 15 is 0 Å². The van der Waals surface area contributed by atoms with Gasteiger partial charge in [0.05, 0.1) is 11.1 Å². The number of amides is 2. The van der Waals surface area contributed by atoms with E-state index in [1.165, 1.54) is 11.3 Å². The molecule has 0 aliphatic carbocycles. The third-order valence-electron chi connectivity index (χ3n) is 5.24. The van der Waals surface area contributed by atoms with Crippen molar-refractivity contribution in [1.29, 1.82) is 0 Å². The Hall–Kier alpha value is -2.69. The lowest BCUT2D eigenvalue weighted by molar-refractivity contribution is -0.137. The Labute approximate surface area is 205 Å². The molecule has 2 heterocycles. The summed E-state index contributed by atoms with van der Waals surface area (Å²) in [5.41, 5.74) is -2.73. The summed E-state index contributed by atoms with van der Waals surface area (Å²) in [6.07, 6.45) is -3.27. The lowest BCUT2D eigenvalue weighted by Crippen LogP contribution is -2.53. The van der Waals surface area contributed by atoms with Gasteiger partial charge in [-0.3, -0.25) is 4.79 Å². The van der Waals surface area contributed by atoms with Crippen LogP contribution in [0.15, 0.2) is 29.4 Å². The summed E-state index contributed by atoms with van der Waals surface area (Å²) in [5.74, 6) is -2.09. The first kappa shape index (κ1) is 26.9. The van der Waals surface area contributed by atoms with Gasteiger partial charge in [-0.25, -0.2) is 9.18 Å². The SMILES string of the molecule is CC(C)(C)OC(=O)N1CC(Cn2cc(C(C)(C)C)sc2=NC(=O)c2cc(C(F)(F)F)ccc2F)C1. The number of likely N-dealkylation sites (tertiary alicyclic amines) is 1. The molecule has 6 nitrogen and oxygen atoms in total. The number of benzene rings is 1. The lowest BCUT2D eigenvalue weighted by Gasteiger charge is -2.39. The molecule has 0 bridgehead atoms. The van der Waals surface area contributed by atoms with E-state index in [2.05, 4.69) is 4.99 Å². The first-order valence-electron chi connectivity index (χ1n) is 11.1. The van der Waals surface area contributed by atoms with E-state index in [1.807, 2.05) is 27.0 Å². The topological polar surface area (TPSA) is 63.9 Å². The first-order valence-corrected chi connectivity index (χ1v) is 11.9. The Balaban J connectivity index is 1.86. The molecule has 1 aromatic heterocycles. The fraction of sp³-hybridized carbons (Fsp3) is 0.542. The van der Waals surface area contributed by atoms with Gasteiger partial charge in [0.25, 0.3) is 5.91 Å². The van der Waals surface area contributed by atoms with Crippen molar-refractivity contribution in [3.8, 4) is 0 Å². The van der Waals surface area contributed by atoms with Crippen LogP contribution in [0.4, 0.5) is 22.4 Å². The van der Waals surface area contributed by atoms with Gasteiger partial charge >= 0.3 is 12.3 Å². The molecule has 11 heteroatoms. The fourth-order valence-corrected chi connectivity index (χ4v) is 4.45. The van der Waals surface area contributed by atoms with Gasteiger partial charge in [-0.05, 0) is 44.4 Å². The normalized spacial score (nSPS) is 15.8. The van der Waals surface area contributed by atoms with Crippen LogP contribution in [0.1, 0.15) is 62.3 Å². The van der Waals surface area contributed by atoms with Gasteiger partial charge in [0.15, 0.2) is 4.80 Å².